The first-order chi connectivity index (χ1) is 8.36. The van der Waals surface area contributed by atoms with E-state index in [9.17, 15) is 0 Å². The summed E-state index contributed by atoms with van der Waals surface area (Å²) in [5, 5.41) is 3.09. The number of nitrogens with zero attached hydrogens (tertiary/aromatic N) is 2. The third-order valence-electron chi connectivity index (χ3n) is 2.12. The van der Waals surface area contributed by atoms with Gasteiger partial charge in [0.25, 0.3) is 0 Å². The van der Waals surface area contributed by atoms with Gasteiger partial charge in [0.2, 0.25) is 5.96 Å². The lowest BCUT2D eigenvalue weighted by Gasteiger charge is -2.08. The quantitative estimate of drug-likeness (QED) is 0.214. The van der Waals surface area contributed by atoms with Gasteiger partial charge in [-0.2, -0.15) is 0 Å². The van der Waals surface area contributed by atoms with Gasteiger partial charge in [-0.1, -0.05) is 0 Å². The van der Waals surface area contributed by atoms with Gasteiger partial charge in [-0.05, 0) is 24.1 Å². The van der Waals surface area contributed by atoms with E-state index in [0.29, 0.717) is 12.5 Å². The predicted octanol–water partition coefficient (Wildman–Crippen LogP) is 0.0270. The lowest BCUT2D eigenvalue weighted by Crippen LogP contribution is -2.42. The first-order valence-corrected chi connectivity index (χ1v) is 5.49. The molecule has 0 aliphatic heterocycles. The number of nitrogens with one attached hydrogen (secondary N) is 2. The van der Waals surface area contributed by atoms with E-state index in [4.69, 9.17) is 10.6 Å². The molecule has 1 heterocycles. The molecule has 0 bridgehead atoms. The minimum absolute atomic E-state index is 0.569. The molecule has 0 fully saturated rings. The zero-order chi connectivity index (χ0) is 12.3. The summed E-state index contributed by atoms with van der Waals surface area (Å²) < 4.78 is 4.95. The second-order valence-electron chi connectivity index (χ2n) is 3.44. The maximum atomic E-state index is 5.36. The van der Waals surface area contributed by atoms with Crippen LogP contribution in [-0.2, 0) is 11.3 Å². The number of ether oxygens (including phenoxy) is 1. The Bertz CT molecular complexity index is 328. The molecule has 94 valence electrons. The molecule has 0 atom stereocenters. The second-order valence-corrected chi connectivity index (χ2v) is 3.44. The van der Waals surface area contributed by atoms with Crippen LogP contribution in [0.3, 0.4) is 0 Å². The monoisotopic (exact) mass is 237 g/mol. The standard InChI is InChI=1S/C11H19N5O/c1-17-8-2-5-14-11(16-12)15-9-10-3-6-13-7-4-10/h3-4,6-7H,2,5,8-9,12H2,1H3,(H2,14,15,16). The number of rotatable bonds is 6. The topological polar surface area (TPSA) is 84.6 Å². The van der Waals surface area contributed by atoms with Crippen LogP contribution in [0.1, 0.15) is 12.0 Å². The SMILES string of the molecule is COCCCNC(=NCc1ccncc1)NN. The fraction of sp³-hybridized carbons (Fsp3) is 0.455. The number of methoxy groups -OCH3 is 1. The fourth-order valence-electron chi connectivity index (χ4n) is 1.23. The summed E-state index contributed by atoms with van der Waals surface area (Å²) in [6.45, 7) is 2.06. The summed E-state index contributed by atoms with van der Waals surface area (Å²) in [6, 6.07) is 3.84. The molecule has 6 nitrogen and oxygen atoms in total. The Morgan fingerprint density at radius 2 is 2.24 bits per heavy atom. The average molecular weight is 237 g/mol. The Hall–Kier alpha value is -1.66. The van der Waals surface area contributed by atoms with Crippen LogP contribution in [-0.4, -0.2) is 31.2 Å². The minimum Gasteiger partial charge on any atom is -0.385 e. The molecule has 0 aliphatic rings. The number of hydrogen-bond donors (Lipinski definition) is 3. The van der Waals surface area contributed by atoms with Crippen LogP contribution in [0, 0.1) is 0 Å². The van der Waals surface area contributed by atoms with Crippen molar-refractivity contribution in [1.82, 2.24) is 15.7 Å². The van der Waals surface area contributed by atoms with Crippen molar-refractivity contribution in [1.29, 1.82) is 0 Å². The summed E-state index contributed by atoms with van der Waals surface area (Å²) in [6.07, 6.45) is 4.39. The van der Waals surface area contributed by atoms with Crippen LogP contribution >= 0.6 is 0 Å². The van der Waals surface area contributed by atoms with Crippen molar-refractivity contribution in [3.05, 3.63) is 30.1 Å². The van der Waals surface area contributed by atoms with Crippen LogP contribution in [0.2, 0.25) is 0 Å². The molecule has 0 radical (unpaired) electrons. The molecule has 1 aromatic heterocycles. The van der Waals surface area contributed by atoms with E-state index in [2.05, 4.69) is 20.7 Å². The Morgan fingerprint density at radius 3 is 2.88 bits per heavy atom. The lowest BCUT2D eigenvalue weighted by molar-refractivity contribution is 0.195. The zero-order valence-electron chi connectivity index (χ0n) is 10.0. The van der Waals surface area contributed by atoms with Gasteiger partial charge in [0.05, 0.1) is 6.54 Å². The summed E-state index contributed by atoms with van der Waals surface area (Å²) in [5.41, 5.74) is 3.62. The molecule has 6 heteroatoms. The molecular weight excluding hydrogens is 218 g/mol. The van der Waals surface area contributed by atoms with Crippen LogP contribution < -0.4 is 16.6 Å². The van der Waals surface area contributed by atoms with Gasteiger partial charge in [-0.25, -0.2) is 10.8 Å². The summed E-state index contributed by atoms with van der Waals surface area (Å²) in [5.74, 6) is 5.95. The smallest absolute Gasteiger partial charge is 0.206 e. The predicted molar refractivity (Wildman–Crippen MR) is 67.2 cm³/mol. The third-order valence-corrected chi connectivity index (χ3v) is 2.12. The highest BCUT2D eigenvalue weighted by atomic mass is 16.5. The van der Waals surface area contributed by atoms with Crippen LogP contribution in [0.15, 0.2) is 29.5 Å². The van der Waals surface area contributed by atoms with Crippen LogP contribution in [0.4, 0.5) is 0 Å². The van der Waals surface area contributed by atoms with Gasteiger partial charge < -0.3 is 10.1 Å². The number of pyridine rings is 1. The molecule has 0 saturated carbocycles. The van der Waals surface area contributed by atoms with Crippen molar-refractivity contribution in [2.45, 2.75) is 13.0 Å². The number of nitrogens with two attached hydrogens (primary N) is 1. The maximum Gasteiger partial charge on any atom is 0.206 e. The Kier molecular flexibility index (Phi) is 6.69. The normalized spacial score (nSPS) is 11.3. The number of guanidine groups is 1. The van der Waals surface area contributed by atoms with Crippen molar-refractivity contribution >= 4 is 5.96 Å². The van der Waals surface area contributed by atoms with Crippen LogP contribution in [0.25, 0.3) is 0 Å². The van der Waals surface area contributed by atoms with Crippen molar-refractivity contribution < 1.29 is 4.74 Å². The number of aromatic nitrogens is 1. The molecule has 0 aromatic carbocycles. The van der Waals surface area contributed by atoms with Crippen molar-refractivity contribution in [2.75, 3.05) is 20.3 Å². The molecule has 4 N–H and O–H groups in total. The first kappa shape index (κ1) is 13.4. The third kappa shape index (κ3) is 5.84. The molecule has 0 spiro atoms. The fourth-order valence-corrected chi connectivity index (χ4v) is 1.23. The summed E-state index contributed by atoms with van der Waals surface area (Å²) >= 11 is 0. The van der Waals surface area contributed by atoms with E-state index in [1.807, 2.05) is 12.1 Å². The summed E-state index contributed by atoms with van der Waals surface area (Å²) in [4.78, 5) is 8.26. The van der Waals surface area contributed by atoms with Crippen molar-refractivity contribution in [3.63, 3.8) is 0 Å². The maximum absolute atomic E-state index is 5.36. The zero-order valence-corrected chi connectivity index (χ0v) is 10.0. The van der Waals surface area contributed by atoms with Crippen molar-refractivity contribution in [2.24, 2.45) is 10.8 Å². The average Bonchev–Trinajstić information content (AvgIpc) is 2.39. The van der Waals surface area contributed by atoms with Gasteiger partial charge in [0.15, 0.2) is 0 Å². The van der Waals surface area contributed by atoms with E-state index in [-0.39, 0.29) is 0 Å². The molecule has 0 saturated heterocycles. The van der Waals surface area contributed by atoms with E-state index >= 15 is 0 Å². The molecule has 0 amide bonds. The molecule has 1 aromatic rings. The first-order valence-electron chi connectivity index (χ1n) is 5.49. The van der Waals surface area contributed by atoms with E-state index in [0.717, 1.165) is 25.1 Å². The number of hydrogen-bond acceptors (Lipinski definition) is 4. The molecular formula is C11H19N5O. The molecule has 0 aliphatic carbocycles. The summed E-state index contributed by atoms with van der Waals surface area (Å²) in [7, 11) is 1.68. The number of hydrazine groups is 1. The van der Waals surface area contributed by atoms with E-state index in [1.54, 1.807) is 19.5 Å². The Labute approximate surface area is 101 Å². The Balaban J connectivity index is 2.34. The van der Waals surface area contributed by atoms with Gasteiger partial charge >= 0.3 is 0 Å². The van der Waals surface area contributed by atoms with E-state index < -0.39 is 0 Å². The Morgan fingerprint density at radius 1 is 1.47 bits per heavy atom. The highest BCUT2D eigenvalue weighted by Gasteiger charge is 1.95. The largest absolute Gasteiger partial charge is 0.385 e. The molecule has 17 heavy (non-hydrogen) atoms. The molecule has 1 rings (SSSR count). The highest BCUT2D eigenvalue weighted by Crippen LogP contribution is 1.97. The van der Waals surface area contributed by atoms with Gasteiger partial charge in [0, 0.05) is 32.7 Å². The van der Waals surface area contributed by atoms with Gasteiger partial charge in [0.1, 0.15) is 0 Å². The van der Waals surface area contributed by atoms with Gasteiger partial charge in [-0.15, -0.1) is 0 Å². The highest BCUT2D eigenvalue weighted by molar-refractivity contribution is 5.79. The second kappa shape index (κ2) is 8.49. The van der Waals surface area contributed by atoms with Gasteiger partial charge in [-0.3, -0.25) is 10.4 Å². The van der Waals surface area contributed by atoms with Crippen LogP contribution in [0.5, 0.6) is 0 Å². The van der Waals surface area contributed by atoms with E-state index in [1.165, 1.54) is 0 Å². The van der Waals surface area contributed by atoms with Crippen molar-refractivity contribution in [3.8, 4) is 0 Å². The minimum atomic E-state index is 0.569. The lowest BCUT2D eigenvalue weighted by atomic mass is 10.3. The number of aliphatic imine (C=N–C) groups is 1. The molecule has 0 unspecified atom stereocenters.